The van der Waals surface area contributed by atoms with Crippen molar-refractivity contribution in [3.63, 3.8) is 0 Å². The summed E-state index contributed by atoms with van der Waals surface area (Å²) < 4.78 is 82.2. The number of halogens is 2. The highest BCUT2D eigenvalue weighted by Crippen LogP contribution is 2.46. The molecule has 0 saturated heterocycles. The minimum atomic E-state index is -4.84. The minimum Gasteiger partial charge on any atom is -0.396 e. The zero-order valence-corrected chi connectivity index (χ0v) is 21.2. The van der Waals surface area contributed by atoms with Crippen molar-refractivity contribution < 1.29 is 70.0 Å². The molecule has 0 radical (unpaired) electrons. The van der Waals surface area contributed by atoms with Gasteiger partial charge < -0.3 is 24.7 Å². The maximum Gasteiger partial charge on any atom is 0.472 e. The quantitative estimate of drug-likeness (QED) is 0.0585. The van der Waals surface area contributed by atoms with Gasteiger partial charge in [-0.3, -0.25) is 22.6 Å². The molecule has 6 atom stereocenters. The van der Waals surface area contributed by atoms with Crippen molar-refractivity contribution in [3.05, 3.63) is 0 Å². The molecule has 0 amide bonds. The van der Waals surface area contributed by atoms with Crippen LogP contribution in [0.15, 0.2) is 0 Å². The van der Waals surface area contributed by atoms with Gasteiger partial charge in [0.2, 0.25) is 0 Å². The smallest absolute Gasteiger partial charge is 0.396 e. The van der Waals surface area contributed by atoms with Gasteiger partial charge in [0.25, 0.3) is 0 Å². The number of aliphatic hydroxyl groups excluding tert-OH is 1. The first-order chi connectivity index (χ1) is 15.6. The molecule has 0 saturated carbocycles. The van der Waals surface area contributed by atoms with Gasteiger partial charge in [0.05, 0.1) is 33.0 Å². The lowest BCUT2D eigenvalue weighted by Crippen LogP contribution is -2.26. The summed E-state index contributed by atoms with van der Waals surface area (Å²) in [6, 6.07) is -1.42. The number of hydrogen-bond acceptors (Lipinski definition) is 11. The molecule has 0 spiro atoms. The average Bonchev–Trinajstić information content (AvgIpc) is 2.75. The van der Waals surface area contributed by atoms with Crippen molar-refractivity contribution in [2.45, 2.75) is 38.8 Å². The molecule has 0 aromatic carbocycles. The molecule has 0 bridgehead atoms. The van der Waals surface area contributed by atoms with E-state index in [9.17, 15) is 37.6 Å². The maximum absolute atomic E-state index is 12.5. The fraction of sp³-hybridized carbons (Fsp3) is 1.00. The van der Waals surface area contributed by atoms with Crippen molar-refractivity contribution >= 4 is 23.5 Å². The molecule has 6 unspecified atom stereocenters. The summed E-state index contributed by atoms with van der Waals surface area (Å²) in [5.41, 5.74) is 2.85. The van der Waals surface area contributed by atoms with Crippen molar-refractivity contribution in [2.75, 3.05) is 39.6 Å². The number of hydrogen-bond donors (Lipinski definition) is 7. The fourth-order valence-electron chi connectivity index (χ4n) is 2.45. The molecule has 0 aliphatic heterocycles. The molecule has 15 nitrogen and oxygen atoms in total. The largest absolute Gasteiger partial charge is 0.472 e. The van der Waals surface area contributed by atoms with E-state index in [-0.39, 0.29) is 12.8 Å². The second-order valence-electron chi connectivity index (χ2n) is 7.39. The van der Waals surface area contributed by atoms with E-state index >= 15 is 0 Å². The zero-order chi connectivity index (χ0) is 26.4. The van der Waals surface area contributed by atoms with Crippen molar-refractivity contribution in [1.82, 2.24) is 11.1 Å². The third kappa shape index (κ3) is 18.4. The van der Waals surface area contributed by atoms with E-state index in [0.717, 1.165) is 0 Å². The standard InChI is InChI=1S/C14H33F2N2O13P3/c1-11(17-15)5-13(7-19)8-30-33(23,24)27-3-4-28-34(25,26)31-10-14(6-12(2)18-16)9-29-32(20,21)22/h11-14,17-19H,3-10H2,1-2H3,(H,23,24)(H,25,26)(H2,20,21,22). The molecule has 0 heterocycles. The Morgan fingerprint density at radius 3 is 1.47 bits per heavy atom. The van der Waals surface area contributed by atoms with Crippen molar-refractivity contribution in [1.29, 1.82) is 0 Å². The minimum absolute atomic E-state index is 0.0837. The topological polar surface area (TPSA) is 223 Å². The number of phosphoric acid groups is 3. The monoisotopic (exact) mass is 568 g/mol. The summed E-state index contributed by atoms with van der Waals surface area (Å²) in [5, 5.41) is 9.19. The lowest BCUT2D eigenvalue weighted by Gasteiger charge is -2.21. The van der Waals surface area contributed by atoms with Gasteiger partial charge >= 0.3 is 23.5 Å². The first-order valence-electron chi connectivity index (χ1n) is 9.90. The summed E-state index contributed by atoms with van der Waals surface area (Å²) in [4.78, 5) is 36.8. The van der Waals surface area contributed by atoms with E-state index in [1.807, 2.05) is 0 Å². The predicted octanol–water partition coefficient (Wildman–Crippen LogP) is 1.09. The molecule has 206 valence electrons. The number of phosphoric ester groups is 3. The Morgan fingerprint density at radius 1 is 0.706 bits per heavy atom. The van der Waals surface area contributed by atoms with Gasteiger partial charge in [-0.05, 0) is 26.7 Å². The summed E-state index contributed by atoms with van der Waals surface area (Å²) in [7, 11) is -14.2. The third-order valence-electron chi connectivity index (χ3n) is 4.02. The summed E-state index contributed by atoms with van der Waals surface area (Å²) in [6.07, 6.45) is 0.0150. The Balaban J connectivity index is 4.49. The van der Waals surface area contributed by atoms with Crippen LogP contribution in [0.4, 0.5) is 8.96 Å². The number of aliphatic hydroxyl groups is 1. The molecule has 0 aromatic heterocycles. The van der Waals surface area contributed by atoms with E-state index in [4.69, 9.17) is 14.3 Å². The average molecular weight is 568 g/mol. The van der Waals surface area contributed by atoms with E-state index in [2.05, 4.69) is 18.1 Å². The highest BCUT2D eigenvalue weighted by atomic mass is 31.2. The predicted molar refractivity (Wildman–Crippen MR) is 112 cm³/mol. The highest BCUT2D eigenvalue weighted by molar-refractivity contribution is 7.47. The van der Waals surface area contributed by atoms with E-state index in [1.54, 1.807) is 0 Å². The van der Waals surface area contributed by atoms with Crippen LogP contribution in [0.25, 0.3) is 0 Å². The fourth-order valence-corrected chi connectivity index (χ4v) is 4.41. The summed E-state index contributed by atoms with van der Waals surface area (Å²) >= 11 is 0. The Hall–Kier alpha value is 0.0700. The van der Waals surface area contributed by atoms with Crippen molar-refractivity contribution in [2.24, 2.45) is 11.8 Å². The zero-order valence-electron chi connectivity index (χ0n) is 18.6. The molecular formula is C14H33F2N2O13P3. The summed E-state index contributed by atoms with van der Waals surface area (Å²) in [6.45, 7) is -0.579. The SMILES string of the molecule is CC(CC(CO)COP(=O)(O)OCCOP(=O)(O)OCC(COP(=O)(O)O)CC(C)NF)NF. The Kier molecular flexibility index (Phi) is 16.8. The molecule has 0 fully saturated rings. The molecule has 0 aliphatic rings. The summed E-state index contributed by atoms with van der Waals surface area (Å²) in [5.74, 6) is -1.57. The van der Waals surface area contributed by atoms with Gasteiger partial charge in [-0.1, -0.05) is 0 Å². The molecule has 20 heteroatoms. The maximum atomic E-state index is 12.5. The van der Waals surface area contributed by atoms with Crippen molar-refractivity contribution in [3.8, 4) is 0 Å². The van der Waals surface area contributed by atoms with Crippen LogP contribution in [0.2, 0.25) is 0 Å². The molecule has 7 N–H and O–H groups in total. The number of rotatable bonds is 21. The van der Waals surface area contributed by atoms with Crippen LogP contribution >= 0.6 is 23.5 Å². The van der Waals surface area contributed by atoms with Gasteiger partial charge in [0.15, 0.2) is 0 Å². The van der Waals surface area contributed by atoms with Crippen LogP contribution < -0.4 is 11.1 Å². The van der Waals surface area contributed by atoms with Crippen LogP contribution in [-0.2, 0) is 36.3 Å². The molecule has 0 aliphatic carbocycles. The van der Waals surface area contributed by atoms with Gasteiger partial charge in [-0.25, -0.2) is 13.7 Å². The van der Waals surface area contributed by atoms with Crippen LogP contribution in [0, 0.1) is 11.8 Å². The van der Waals surface area contributed by atoms with Gasteiger partial charge in [-0.2, -0.15) is 11.1 Å². The second kappa shape index (κ2) is 16.7. The molecule has 34 heavy (non-hydrogen) atoms. The van der Waals surface area contributed by atoms with Gasteiger partial charge in [0.1, 0.15) is 0 Å². The number of nitrogens with one attached hydrogen (secondary N) is 2. The van der Waals surface area contributed by atoms with Gasteiger partial charge in [-0.15, -0.1) is 8.96 Å². The highest BCUT2D eigenvalue weighted by Gasteiger charge is 2.28. The van der Waals surface area contributed by atoms with Gasteiger partial charge in [0, 0.05) is 30.5 Å². The Bertz CT molecular complexity index is 704. The molecule has 0 aromatic rings. The van der Waals surface area contributed by atoms with Crippen LogP contribution in [0.1, 0.15) is 26.7 Å². The lowest BCUT2D eigenvalue weighted by atomic mass is 10.0. The van der Waals surface area contributed by atoms with E-state index in [0.29, 0.717) is 0 Å². The Morgan fingerprint density at radius 2 is 1.09 bits per heavy atom. The normalized spacial score (nSPS) is 19.7. The van der Waals surface area contributed by atoms with E-state index in [1.165, 1.54) is 24.9 Å². The van der Waals surface area contributed by atoms with Crippen LogP contribution in [-0.4, -0.2) is 76.4 Å². The van der Waals surface area contributed by atoms with E-state index < -0.39 is 87.0 Å². The first kappa shape index (κ1) is 34.1. The lowest BCUT2D eigenvalue weighted by molar-refractivity contribution is 0.0707. The van der Waals surface area contributed by atoms with Crippen LogP contribution in [0.3, 0.4) is 0 Å². The van der Waals surface area contributed by atoms with Crippen LogP contribution in [0.5, 0.6) is 0 Å². The third-order valence-corrected chi connectivity index (χ3v) is 6.48. The Labute approximate surface area is 195 Å². The molecule has 0 rings (SSSR count). The second-order valence-corrected chi connectivity index (χ2v) is 11.5. The first-order valence-corrected chi connectivity index (χ1v) is 14.4. The molecular weight excluding hydrogens is 535 g/mol.